The Kier molecular flexibility index (Phi) is 4.35. The largest absolute Gasteiger partial charge is 0.490 e. The minimum absolute atomic E-state index is 0.133. The van der Waals surface area contributed by atoms with E-state index in [1.165, 1.54) is 0 Å². The second-order valence-electron chi connectivity index (χ2n) is 4.27. The topological polar surface area (TPSA) is 55.6 Å². The molecule has 0 saturated carbocycles. The van der Waals surface area contributed by atoms with Gasteiger partial charge in [0.2, 0.25) is 0 Å². The summed E-state index contributed by atoms with van der Waals surface area (Å²) in [5.41, 5.74) is 1.17. The molecule has 0 spiro atoms. The Hall–Kier alpha value is -2.25. The van der Waals surface area contributed by atoms with Crippen molar-refractivity contribution in [2.45, 2.75) is 19.5 Å². The number of amides is 1. The standard InChI is InChI=1S/C13H14F3N3O2/c1-2-21-10-4-3-7-19-8-9(18-11(10)19)5-6-17-12(20)13(14,15)16/h3-4,7-8H,2,5-6H2,1H3,(H,17,20). The minimum atomic E-state index is -4.86. The highest BCUT2D eigenvalue weighted by molar-refractivity contribution is 5.81. The lowest BCUT2D eigenvalue weighted by molar-refractivity contribution is -0.173. The maximum Gasteiger partial charge on any atom is 0.471 e. The van der Waals surface area contributed by atoms with Crippen LogP contribution < -0.4 is 10.1 Å². The van der Waals surface area contributed by atoms with Crippen molar-refractivity contribution < 1.29 is 22.7 Å². The summed E-state index contributed by atoms with van der Waals surface area (Å²) in [7, 11) is 0. The van der Waals surface area contributed by atoms with Crippen LogP contribution >= 0.6 is 0 Å². The summed E-state index contributed by atoms with van der Waals surface area (Å²) in [5.74, 6) is -1.34. The van der Waals surface area contributed by atoms with E-state index < -0.39 is 12.1 Å². The van der Waals surface area contributed by atoms with Gasteiger partial charge in [-0.1, -0.05) is 0 Å². The molecule has 21 heavy (non-hydrogen) atoms. The van der Waals surface area contributed by atoms with Crippen LogP contribution in [0, 0.1) is 0 Å². The number of alkyl halides is 3. The summed E-state index contributed by atoms with van der Waals surface area (Å²) in [6.45, 7) is 2.20. The Balaban J connectivity index is 2.03. The lowest BCUT2D eigenvalue weighted by atomic mass is 10.3. The van der Waals surface area contributed by atoms with Gasteiger partial charge in [0.15, 0.2) is 11.4 Å². The van der Waals surface area contributed by atoms with Gasteiger partial charge in [-0.05, 0) is 19.1 Å². The number of fused-ring (bicyclic) bond motifs is 1. The molecule has 0 unspecified atom stereocenters. The third-order valence-electron chi connectivity index (χ3n) is 2.72. The maximum atomic E-state index is 12.0. The van der Waals surface area contributed by atoms with Crippen molar-refractivity contribution in [3.8, 4) is 5.75 Å². The molecular weight excluding hydrogens is 287 g/mol. The summed E-state index contributed by atoms with van der Waals surface area (Å²) >= 11 is 0. The number of ether oxygens (including phenoxy) is 1. The molecule has 2 rings (SSSR count). The SMILES string of the molecule is CCOc1cccn2cc(CCNC(=O)C(F)(F)F)nc12. The van der Waals surface area contributed by atoms with Crippen LogP contribution in [0.25, 0.3) is 5.65 Å². The lowest BCUT2D eigenvalue weighted by Crippen LogP contribution is -2.37. The molecule has 2 aromatic rings. The molecule has 0 fully saturated rings. The monoisotopic (exact) mass is 301 g/mol. The van der Waals surface area contributed by atoms with E-state index in [4.69, 9.17) is 4.74 Å². The predicted octanol–water partition coefficient (Wildman–Crippen LogP) is 1.95. The van der Waals surface area contributed by atoms with Gasteiger partial charge in [0.05, 0.1) is 12.3 Å². The minimum Gasteiger partial charge on any atom is -0.490 e. The van der Waals surface area contributed by atoms with Gasteiger partial charge in [0, 0.05) is 25.4 Å². The Morgan fingerprint density at radius 2 is 2.24 bits per heavy atom. The molecule has 1 N–H and O–H groups in total. The fourth-order valence-corrected chi connectivity index (χ4v) is 1.83. The second kappa shape index (κ2) is 6.02. The molecular formula is C13H14F3N3O2. The molecule has 8 heteroatoms. The zero-order chi connectivity index (χ0) is 15.5. The van der Waals surface area contributed by atoms with E-state index >= 15 is 0 Å². The molecule has 0 aromatic carbocycles. The highest BCUT2D eigenvalue weighted by Gasteiger charge is 2.38. The number of nitrogens with one attached hydrogen (secondary N) is 1. The van der Waals surface area contributed by atoms with Crippen molar-refractivity contribution in [1.29, 1.82) is 0 Å². The summed E-state index contributed by atoms with van der Waals surface area (Å²) in [5, 5.41) is 1.81. The van der Waals surface area contributed by atoms with Gasteiger partial charge in [-0.2, -0.15) is 13.2 Å². The van der Waals surface area contributed by atoms with E-state index in [1.807, 2.05) is 12.2 Å². The molecule has 0 aliphatic carbocycles. The first-order chi connectivity index (χ1) is 9.91. The zero-order valence-corrected chi connectivity index (χ0v) is 11.3. The van der Waals surface area contributed by atoms with E-state index in [2.05, 4.69) is 4.98 Å². The van der Waals surface area contributed by atoms with Crippen molar-refractivity contribution in [1.82, 2.24) is 14.7 Å². The van der Waals surface area contributed by atoms with Crippen LogP contribution in [0.2, 0.25) is 0 Å². The third-order valence-corrected chi connectivity index (χ3v) is 2.72. The molecule has 0 radical (unpaired) electrons. The molecule has 0 aliphatic heterocycles. The van der Waals surface area contributed by atoms with Crippen LogP contribution in [-0.4, -0.2) is 34.6 Å². The number of hydrogen-bond acceptors (Lipinski definition) is 3. The van der Waals surface area contributed by atoms with Crippen LogP contribution in [0.1, 0.15) is 12.6 Å². The molecule has 0 saturated heterocycles. The van der Waals surface area contributed by atoms with Gasteiger partial charge < -0.3 is 14.5 Å². The van der Waals surface area contributed by atoms with Gasteiger partial charge in [-0.3, -0.25) is 4.79 Å². The van der Waals surface area contributed by atoms with Crippen molar-refractivity contribution in [2.75, 3.05) is 13.2 Å². The first-order valence-corrected chi connectivity index (χ1v) is 6.36. The highest BCUT2D eigenvalue weighted by Crippen LogP contribution is 2.19. The van der Waals surface area contributed by atoms with Gasteiger partial charge in [0.1, 0.15) is 0 Å². The fraction of sp³-hybridized carbons (Fsp3) is 0.385. The number of hydrogen-bond donors (Lipinski definition) is 1. The van der Waals surface area contributed by atoms with E-state index in [0.717, 1.165) is 0 Å². The number of halogens is 3. The van der Waals surface area contributed by atoms with Crippen molar-refractivity contribution in [2.24, 2.45) is 0 Å². The lowest BCUT2D eigenvalue weighted by Gasteiger charge is -2.06. The number of pyridine rings is 1. The molecule has 2 heterocycles. The average molecular weight is 301 g/mol. The maximum absolute atomic E-state index is 12.0. The number of aromatic nitrogens is 2. The van der Waals surface area contributed by atoms with Crippen LogP contribution in [0.4, 0.5) is 13.2 Å². The molecule has 2 aromatic heterocycles. The second-order valence-corrected chi connectivity index (χ2v) is 4.27. The Morgan fingerprint density at radius 1 is 1.48 bits per heavy atom. The zero-order valence-electron chi connectivity index (χ0n) is 11.3. The average Bonchev–Trinajstić information content (AvgIpc) is 2.81. The Bertz CT molecular complexity index is 637. The summed E-state index contributed by atoms with van der Waals surface area (Å²) < 4.78 is 43.2. The molecule has 0 bridgehead atoms. The first kappa shape index (κ1) is 15.1. The predicted molar refractivity (Wildman–Crippen MR) is 69.1 cm³/mol. The number of nitrogens with zero attached hydrogens (tertiary/aromatic N) is 2. The van der Waals surface area contributed by atoms with Gasteiger partial charge in [-0.25, -0.2) is 4.98 Å². The quantitative estimate of drug-likeness (QED) is 0.918. The number of rotatable bonds is 5. The molecule has 0 atom stereocenters. The Labute approximate surface area is 118 Å². The number of carbonyl (C=O) groups excluding carboxylic acids is 1. The molecule has 1 amide bonds. The van der Waals surface area contributed by atoms with E-state index in [-0.39, 0.29) is 13.0 Å². The van der Waals surface area contributed by atoms with Gasteiger partial charge in [0.25, 0.3) is 0 Å². The molecule has 5 nitrogen and oxygen atoms in total. The van der Waals surface area contributed by atoms with Crippen LogP contribution in [-0.2, 0) is 11.2 Å². The van der Waals surface area contributed by atoms with Gasteiger partial charge >= 0.3 is 12.1 Å². The fourth-order valence-electron chi connectivity index (χ4n) is 1.83. The van der Waals surface area contributed by atoms with Crippen molar-refractivity contribution in [3.05, 3.63) is 30.2 Å². The molecule has 0 aliphatic rings. The van der Waals surface area contributed by atoms with Crippen molar-refractivity contribution in [3.63, 3.8) is 0 Å². The molecule has 114 valence electrons. The van der Waals surface area contributed by atoms with Crippen LogP contribution in [0.5, 0.6) is 5.75 Å². The van der Waals surface area contributed by atoms with Crippen LogP contribution in [0.3, 0.4) is 0 Å². The summed E-state index contributed by atoms with van der Waals surface area (Å²) in [6, 6.07) is 3.55. The van der Waals surface area contributed by atoms with E-state index in [9.17, 15) is 18.0 Å². The highest BCUT2D eigenvalue weighted by atomic mass is 19.4. The van der Waals surface area contributed by atoms with Gasteiger partial charge in [-0.15, -0.1) is 0 Å². The number of imidazole rings is 1. The van der Waals surface area contributed by atoms with Crippen LogP contribution in [0.15, 0.2) is 24.5 Å². The number of carbonyl (C=O) groups is 1. The van der Waals surface area contributed by atoms with Crippen molar-refractivity contribution >= 4 is 11.6 Å². The Morgan fingerprint density at radius 3 is 2.90 bits per heavy atom. The third kappa shape index (κ3) is 3.65. The van der Waals surface area contributed by atoms with E-state index in [0.29, 0.717) is 23.7 Å². The first-order valence-electron chi connectivity index (χ1n) is 6.36. The summed E-state index contributed by atoms with van der Waals surface area (Å²) in [4.78, 5) is 15.0. The van der Waals surface area contributed by atoms with E-state index in [1.54, 1.807) is 28.9 Å². The normalized spacial score (nSPS) is 11.6. The summed E-state index contributed by atoms with van der Waals surface area (Å²) in [6.07, 6.45) is -1.20. The smallest absolute Gasteiger partial charge is 0.471 e.